The Morgan fingerprint density at radius 1 is 1.35 bits per heavy atom. The fourth-order valence-electron chi connectivity index (χ4n) is 2.89. The molecule has 0 aliphatic carbocycles. The van der Waals surface area contributed by atoms with Gasteiger partial charge in [-0.2, -0.15) is 5.10 Å². The van der Waals surface area contributed by atoms with E-state index >= 15 is 0 Å². The number of amides is 1. The number of ether oxygens (including phenoxy) is 1. The number of thiazole rings is 1. The van der Waals surface area contributed by atoms with Gasteiger partial charge in [0.2, 0.25) is 0 Å². The normalized spacial score (nSPS) is 10.7. The minimum Gasteiger partial charge on any atom is -0.489 e. The Bertz CT molecular complexity index is 1240. The molecule has 0 unspecified atom stereocenters. The number of carbonyl (C=O) groups is 1. The number of nitrogens with zero attached hydrogens (tertiary/aromatic N) is 3. The summed E-state index contributed by atoms with van der Waals surface area (Å²) in [5.74, 6) is 1.28. The van der Waals surface area contributed by atoms with Crippen molar-refractivity contribution in [3.05, 3.63) is 88.3 Å². The first-order valence-corrected chi connectivity index (χ1v) is 10.7. The van der Waals surface area contributed by atoms with Gasteiger partial charge in [0.15, 0.2) is 15.7 Å². The summed E-state index contributed by atoms with van der Waals surface area (Å²) in [5, 5.41) is 12.1. The van der Waals surface area contributed by atoms with Crippen LogP contribution in [0.15, 0.2) is 65.1 Å². The average molecular weight is 454 g/mol. The smallest absolute Gasteiger partial charge is 0.293 e. The van der Waals surface area contributed by atoms with Crippen LogP contribution in [0.25, 0.3) is 0 Å². The van der Waals surface area contributed by atoms with E-state index in [0.29, 0.717) is 34.2 Å². The summed E-state index contributed by atoms with van der Waals surface area (Å²) in [4.78, 5) is 17.2. The van der Waals surface area contributed by atoms with Crippen molar-refractivity contribution in [1.29, 1.82) is 0 Å². The maximum absolute atomic E-state index is 12.7. The maximum atomic E-state index is 12.7. The lowest BCUT2D eigenvalue weighted by atomic mass is 10.2. The third kappa shape index (κ3) is 4.98. The van der Waals surface area contributed by atoms with Crippen LogP contribution in [0.4, 0.5) is 5.13 Å². The van der Waals surface area contributed by atoms with Crippen molar-refractivity contribution in [2.24, 2.45) is 0 Å². The molecule has 2 N–H and O–H groups in total. The van der Waals surface area contributed by atoms with Gasteiger partial charge in [-0.1, -0.05) is 24.3 Å². The molecule has 158 valence electrons. The molecule has 0 radical (unpaired) electrons. The minimum atomic E-state index is -0.383. The number of para-hydroxylation sites is 1. The van der Waals surface area contributed by atoms with E-state index in [-0.39, 0.29) is 18.3 Å². The molecule has 0 spiro atoms. The summed E-state index contributed by atoms with van der Waals surface area (Å²) < 4.78 is 13.5. The number of benzene rings is 1. The largest absolute Gasteiger partial charge is 0.489 e. The second-order valence-electron chi connectivity index (χ2n) is 6.50. The van der Waals surface area contributed by atoms with Crippen LogP contribution in [0.1, 0.15) is 27.6 Å². The van der Waals surface area contributed by atoms with Crippen LogP contribution in [-0.2, 0) is 19.6 Å². The quantitative estimate of drug-likeness (QED) is 0.284. The Morgan fingerprint density at radius 3 is 3.00 bits per heavy atom. The molecule has 1 amide bonds. The third-order valence-electron chi connectivity index (χ3n) is 4.35. The number of H-pyrrole nitrogens is 1. The van der Waals surface area contributed by atoms with Gasteiger partial charge in [0.25, 0.3) is 5.91 Å². The minimum absolute atomic E-state index is 0.194. The van der Waals surface area contributed by atoms with Crippen LogP contribution < -0.4 is 10.1 Å². The van der Waals surface area contributed by atoms with Crippen molar-refractivity contribution in [3.63, 3.8) is 0 Å². The number of hydrogen-bond acceptors (Lipinski definition) is 7. The molecule has 8 nitrogen and oxygen atoms in total. The molecule has 3 aromatic heterocycles. The van der Waals surface area contributed by atoms with E-state index < -0.39 is 0 Å². The SMILES string of the molecule is C=CCn1c(Cc2csc(NC(=O)c3occc3COc3ccccc3)n2)n[nH]c1=S. The Morgan fingerprint density at radius 2 is 2.19 bits per heavy atom. The number of aromatic amines is 1. The second kappa shape index (κ2) is 9.54. The number of aromatic nitrogens is 4. The predicted molar refractivity (Wildman–Crippen MR) is 120 cm³/mol. The summed E-state index contributed by atoms with van der Waals surface area (Å²) in [7, 11) is 0. The molecule has 0 saturated heterocycles. The number of rotatable bonds is 9. The van der Waals surface area contributed by atoms with E-state index in [0.717, 1.165) is 11.5 Å². The molecule has 0 fully saturated rings. The monoisotopic (exact) mass is 453 g/mol. The van der Waals surface area contributed by atoms with E-state index in [4.69, 9.17) is 21.4 Å². The summed E-state index contributed by atoms with van der Waals surface area (Å²) >= 11 is 6.56. The fraction of sp³-hybridized carbons (Fsp3) is 0.143. The van der Waals surface area contributed by atoms with Crippen molar-refractivity contribution >= 4 is 34.6 Å². The second-order valence-corrected chi connectivity index (χ2v) is 7.74. The van der Waals surface area contributed by atoms with Crippen LogP contribution in [0.3, 0.4) is 0 Å². The molecule has 0 saturated carbocycles. The number of anilines is 1. The summed E-state index contributed by atoms with van der Waals surface area (Å²) in [5.41, 5.74) is 1.42. The lowest BCUT2D eigenvalue weighted by Gasteiger charge is -2.06. The molecule has 0 bridgehead atoms. The molecule has 4 aromatic rings. The lowest BCUT2D eigenvalue weighted by Crippen LogP contribution is -2.13. The summed E-state index contributed by atoms with van der Waals surface area (Å²) in [6.07, 6.45) is 3.70. The molecule has 10 heteroatoms. The van der Waals surface area contributed by atoms with E-state index in [1.165, 1.54) is 17.6 Å². The van der Waals surface area contributed by atoms with E-state index in [9.17, 15) is 4.79 Å². The van der Waals surface area contributed by atoms with Gasteiger partial charge in [-0.25, -0.2) is 4.98 Å². The van der Waals surface area contributed by atoms with Crippen LogP contribution in [0.5, 0.6) is 5.75 Å². The Balaban J connectivity index is 1.40. The topological polar surface area (TPSA) is 98.0 Å². The number of hydrogen-bond donors (Lipinski definition) is 2. The Labute approximate surface area is 187 Å². The first-order valence-electron chi connectivity index (χ1n) is 9.39. The molecule has 0 atom stereocenters. The van der Waals surface area contributed by atoms with E-state index in [2.05, 4.69) is 27.1 Å². The number of nitrogens with one attached hydrogen (secondary N) is 2. The van der Waals surface area contributed by atoms with Crippen LogP contribution in [0.2, 0.25) is 0 Å². The third-order valence-corrected chi connectivity index (χ3v) is 5.47. The Kier molecular flexibility index (Phi) is 6.39. The molecule has 1 aromatic carbocycles. The molecular formula is C21H19N5O3S2. The van der Waals surface area contributed by atoms with Crippen molar-refractivity contribution in [2.75, 3.05) is 5.32 Å². The first-order chi connectivity index (χ1) is 15.1. The fourth-order valence-corrected chi connectivity index (χ4v) is 3.82. The van der Waals surface area contributed by atoms with Crippen molar-refractivity contribution < 1.29 is 13.9 Å². The molecule has 31 heavy (non-hydrogen) atoms. The van der Waals surface area contributed by atoms with Gasteiger partial charge in [-0.05, 0) is 30.4 Å². The Hall–Kier alpha value is -3.50. The number of allylic oxidation sites excluding steroid dienone is 1. The van der Waals surface area contributed by atoms with Gasteiger partial charge >= 0.3 is 0 Å². The molecule has 0 aliphatic heterocycles. The highest BCUT2D eigenvalue weighted by Crippen LogP contribution is 2.21. The van der Waals surface area contributed by atoms with Gasteiger partial charge in [0, 0.05) is 17.5 Å². The van der Waals surface area contributed by atoms with Gasteiger partial charge in [-0.3, -0.25) is 19.8 Å². The molecule has 3 heterocycles. The first kappa shape index (κ1) is 20.8. The van der Waals surface area contributed by atoms with Crippen LogP contribution in [0, 0.1) is 4.77 Å². The highest BCUT2D eigenvalue weighted by Gasteiger charge is 2.18. The zero-order valence-electron chi connectivity index (χ0n) is 16.4. The maximum Gasteiger partial charge on any atom is 0.293 e. The van der Waals surface area contributed by atoms with Crippen molar-refractivity contribution in [3.8, 4) is 5.75 Å². The standard InChI is InChI=1S/C21H19N5O3S2/c1-2-9-26-17(24-25-21(26)30)11-15-13-31-20(22-15)23-19(27)18-14(8-10-28-18)12-29-16-6-4-3-5-7-16/h2-8,10,13H,1,9,11-12H2,(H,25,30)(H,22,23,27). The van der Waals surface area contributed by atoms with Gasteiger partial charge < -0.3 is 9.15 Å². The van der Waals surface area contributed by atoms with Gasteiger partial charge in [0.1, 0.15) is 18.2 Å². The zero-order valence-corrected chi connectivity index (χ0v) is 18.0. The van der Waals surface area contributed by atoms with Crippen molar-refractivity contribution in [2.45, 2.75) is 19.6 Å². The van der Waals surface area contributed by atoms with Gasteiger partial charge in [-0.15, -0.1) is 17.9 Å². The highest BCUT2D eigenvalue weighted by molar-refractivity contribution is 7.71. The molecule has 4 rings (SSSR count). The van der Waals surface area contributed by atoms with E-state index in [1.807, 2.05) is 40.3 Å². The number of furan rings is 1. The lowest BCUT2D eigenvalue weighted by molar-refractivity contribution is 0.0993. The van der Waals surface area contributed by atoms with E-state index in [1.54, 1.807) is 12.1 Å². The molecular weight excluding hydrogens is 434 g/mol. The number of carbonyl (C=O) groups excluding carboxylic acids is 1. The van der Waals surface area contributed by atoms with Crippen molar-refractivity contribution in [1.82, 2.24) is 19.7 Å². The zero-order chi connectivity index (χ0) is 21.6. The average Bonchev–Trinajstić information content (AvgIpc) is 3.50. The summed E-state index contributed by atoms with van der Waals surface area (Å²) in [6.45, 7) is 4.52. The predicted octanol–water partition coefficient (Wildman–Crippen LogP) is 4.60. The highest BCUT2D eigenvalue weighted by atomic mass is 32.1. The van der Waals surface area contributed by atoms with Crippen LogP contribution in [-0.4, -0.2) is 25.7 Å². The van der Waals surface area contributed by atoms with Crippen LogP contribution >= 0.6 is 23.6 Å². The molecule has 0 aliphatic rings. The summed E-state index contributed by atoms with van der Waals surface area (Å²) in [6, 6.07) is 11.1. The van der Waals surface area contributed by atoms with Gasteiger partial charge in [0.05, 0.1) is 18.4 Å².